The number of methoxy groups -OCH3 is 1. The fraction of sp³-hybridized carbons (Fsp3) is 0.391. The summed E-state index contributed by atoms with van der Waals surface area (Å²) in [5.74, 6) is -0.950. The van der Waals surface area contributed by atoms with E-state index in [0.717, 1.165) is 25.3 Å². The number of aliphatic hydroxyl groups is 1. The molecule has 2 aromatic rings. The lowest BCUT2D eigenvalue weighted by Crippen LogP contribution is -2.45. The summed E-state index contributed by atoms with van der Waals surface area (Å²) in [4.78, 5) is 25.8. The number of benzene rings is 1. The molecule has 1 aromatic carbocycles. The molecule has 1 fully saturated rings. The highest BCUT2D eigenvalue weighted by molar-refractivity contribution is 6.31. The SMILES string of the molecule is COc1ccc(Cl)cc1C(=NCC1(O)CCCC1)C(C=N)NC(=O)C(C=N)c1ncccn1. The van der Waals surface area contributed by atoms with Crippen LogP contribution in [0.1, 0.15) is 43.0 Å². The molecule has 4 N–H and O–H groups in total. The Hall–Kier alpha value is -3.17. The van der Waals surface area contributed by atoms with E-state index < -0.39 is 23.5 Å². The highest BCUT2D eigenvalue weighted by atomic mass is 35.5. The molecular formula is C23H27ClN6O3. The van der Waals surface area contributed by atoms with Gasteiger partial charge in [0.05, 0.1) is 25.0 Å². The number of hydrogen-bond acceptors (Lipinski definition) is 8. The molecule has 1 aliphatic rings. The average Bonchev–Trinajstić information content (AvgIpc) is 3.26. The first-order valence-electron chi connectivity index (χ1n) is 10.6. The fourth-order valence-electron chi connectivity index (χ4n) is 3.83. The number of halogens is 1. The van der Waals surface area contributed by atoms with Crippen LogP contribution in [-0.4, -0.2) is 64.4 Å². The third-order valence-corrected chi connectivity index (χ3v) is 5.82. The maximum Gasteiger partial charge on any atom is 0.237 e. The van der Waals surface area contributed by atoms with Gasteiger partial charge in [-0.3, -0.25) is 9.79 Å². The first-order valence-corrected chi connectivity index (χ1v) is 11.0. The van der Waals surface area contributed by atoms with Crippen LogP contribution < -0.4 is 10.1 Å². The van der Waals surface area contributed by atoms with Crippen LogP contribution in [-0.2, 0) is 4.79 Å². The normalized spacial score (nSPS) is 17.1. The van der Waals surface area contributed by atoms with Gasteiger partial charge in [-0.1, -0.05) is 24.4 Å². The first-order chi connectivity index (χ1) is 15.9. The van der Waals surface area contributed by atoms with Crippen LogP contribution in [0.5, 0.6) is 5.75 Å². The van der Waals surface area contributed by atoms with Gasteiger partial charge in [-0.15, -0.1) is 0 Å². The van der Waals surface area contributed by atoms with Crippen molar-refractivity contribution < 1.29 is 14.6 Å². The van der Waals surface area contributed by atoms with Gasteiger partial charge in [0, 0.05) is 35.4 Å². The molecule has 33 heavy (non-hydrogen) atoms. The molecule has 1 heterocycles. The average molecular weight is 471 g/mol. The highest BCUT2D eigenvalue weighted by Crippen LogP contribution is 2.31. The van der Waals surface area contributed by atoms with E-state index in [4.69, 9.17) is 27.2 Å². The number of aliphatic imine (C=N–C) groups is 1. The van der Waals surface area contributed by atoms with E-state index in [-0.39, 0.29) is 12.4 Å². The third-order valence-electron chi connectivity index (χ3n) is 5.59. The molecule has 1 amide bonds. The zero-order valence-corrected chi connectivity index (χ0v) is 19.0. The molecular weight excluding hydrogens is 444 g/mol. The molecule has 1 saturated carbocycles. The fourth-order valence-corrected chi connectivity index (χ4v) is 4.00. The molecule has 9 nitrogen and oxygen atoms in total. The van der Waals surface area contributed by atoms with Crippen molar-refractivity contribution >= 4 is 35.6 Å². The number of hydrogen-bond donors (Lipinski definition) is 4. The molecule has 0 aliphatic heterocycles. The minimum atomic E-state index is -1.03. The lowest BCUT2D eigenvalue weighted by molar-refractivity contribution is -0.121. The molecule has 1 aliphatic carbocycles. The van der Waals surface area contributed by atoms with Crippen molar-refractivity contribution in [2.45, 2.75) is 43.2 Å². The predicted molar refractivity (Wildman–Crippen MR) is 127 cm³/mol. The maximum absolute atomic E-state index is 13.0. The van der Waals surface area contributed by atoms with E-state index in [9.17, 15) is 9.90 Å². The Morgan fingerprint density at radius 2 is 2.00 bits per heavy atom. The second-order valence-electron chi connectivity index (χ2n) is 7.88. The minimum absolute atomic E-state index is 0.119. The van der Waals surface area contributed by atoms with Crippen molar-refractivity contribution in [2.75, 3.05) is 13.7 Å². The maximum atomic E-state index is 13.0. The van der Waals surface area contributed by atoms with Crippen LogP contribution >= 0.6 is 11.6 Å². The molecule has 0 saturated heterocycles. The zero-order valence-electron chi connectivity index (χ0n) is 18.3. The second kappa shape index (κ2) is 11.1. The Labute approximate surface area is 197 Å². The number of nitrogens with one attached hydrogen (secondary N) is 3. The van der Waals surface area contributed by atoms with E-state index in [1.165, 1.54) is 19.5 Å². The van der Waals surface area contributed by atoms with Gasteiger partial charge < -0.3 is 26.0 Å². The van der Waals surface area contributed by atoms with Crippen LogP contribution in [0.3, 0.4) is 0 Å². The van der Waals surface area contributed by atoms with Crippen molar-refractivity contribution in [1.82, 2.24) is 15.3 Å². The Bertz CT molecular complexity index is 1020. The monoisotopic (exact) mass is 470 g/mol. The van der Waals surface area contributed by atoms with E-state index in [1.54, 1.807) is 24.3 Å². The molecule has 0 radical (unpaired) electrons. The van der Waals surface area contributed by atoms with Crippen molar-refractivity contribution in [1.29, 1.82) is 10.8 Å². The number of aromatic nitrogens is 2. The molecule has 2 unspecified atom stereocenters. The highest BCUT2D eigenvalue weighted by Gasteiger charge is 2.32. The lowest BCUT2D eigenvalue weighted by atomic mass is 9.99. The van der Waals surface area contributed by atoms with E-state index in [2.05, 4.69) is 20.3 Å². The standard InChI is InChI=1S/C23H27ClN6O3/c1-33-19-6-5-15(24)11-16(19)20(29-14-23(32)7-2-3-8-23)18(13-26)30-22(31)17(12-25)21-27-9-4-10-28-21/h4-6,9-13,17-18,25-26,32H,2-3,7-8,14H2,1H3,(H,30,31). The topological polar surface area (TPSA) is 144 Å². The molecule has 0 spiro atoms. The zero-order chi connectivity index (χ0) is 23.8. The van der Waals surface area contributed by atoms with Crippen molar-refractivity contribution in [3.05, 3.63) is 53.1 Å². The van der Waals surface area contributed by atoms with Gasteiger partial charge in [0.2, 0.25) is 5.91 Å². The van der Waals surface area contributed by atoms with Gasteiger partial charge in [0.1, 0.15) is 23.5 Å². The minimum Gasteiger partial charge on any atom is -0.496 e. The molecule has 10 heteroatoms. The summed E-state index contributed by atoms with van der Waals surface area (Å²) in [5.41, 5.74) is -0.0956. The summed E-state index contributed by atoms with van der Waals surface area (Å²) in [6.07, 6.45) is 8.10. The van der Waals surface area contributed by atoms with Crippen molar-refractivity contribution in [3.8, 4) is 5.75 Å². The summed E-state index contributed by atoms with van der Waals surface area (Å²) < 4.78 is 5.47. The summed E-state index contributed by atoms with van der Waals surface area (Å²) in [6, 6.07) is 5.66. The van der Waals surface area contributed by atoms with Crippen LogP contribution in [0, 0.1) is 10.8 Å². The molecule has 3 rings (SSSR count). The third kappa shape index (κ3) is 6.00. The number of carbonyl (C=O) groups is 1. The van der Waals surface area contributed by atoms with Crippen LogP contribution in [0.4, 0.5) is 0 Å². The van der Waals surface area contributed by atoms with Crippen LogP contribution in [0.2, 0.25) is 5.02 Å². The molecule has 174 valence electrons. The predicted octanol–water partition coefficient (Wildman–Crippen LogP) is 2.80. The van der Waals surface area contributed by atoms with Crippen LogP contribution in [0.15, 0.2) is 41.7 Å². The van der Waals surface area contributed by atoms with Gasteiger partial charge in [-0.25, -0.2) is 9.97 Å². The summed E-state index contributed by atoms with van der Waals surface area (Å²) in [5, 5.41) is 29.7. The lowest BCUT2D eigenvalue weighted by Gasteiger charge is -2.24. The molecule has 1 aromatic heterocycles. The Morgan fingerprint density at radius 1 is 1.30 bits per heavy atom. The number of nitrogens with zero attached hydrogens (tertiary/aromatic N) is 3. The number of amides is 1. The van der Waals surface area contributed by atoms with Gasteiger partial charge in [0.25, 0.3) is 0 Å². The Kier molecular flexibility index (Phi) is 8.24. The molecule has 0 bridgehead atoms. The number of ether oxygens (including phenoxy) is 1. The van der Waals surface area contributed by atoms with Crippen molar-refractivity contribution in [2.24, 2.45) is 4.99 Å². The first kappa shape index (κ1) is 24.5. The van der Waals surface area contributed by atoms with Gasteiger partial charge in [-0.05, 0) is 37.1 Å². The summed E-state index contributed by atoms with van der Waals surface area (Å²) in [6.45, 7) is 0.119. The largest absolute Gasteiger partial charge is 0.496 e. The van der Waals surface area contributed by atoms with Gasteiger partial charge in [-0.2, -0.15) is 0 Å². The van der Waals surface area contributed by atoms with E-state index in [1.807, 2.05) is 0 Å². The van der Waals surface area contributed by atoms with Gasteiger partial charge >= 0.3 is 0 Å². The van der Waals surface area contributed by atoms with E-state index in [0.29, 0.717) is 34.9 Å². The van der Waals surface area contributed by atoms with Crippen LogP contribution in [0.25, 0.3) is 0 Å². The van der Waals surface area contributed by atoms with Gasteiger partial charge in [0.15, 0.2) is 0 Å². The van der Waals surface area contributed by atoms with E-state index >= 15 is 0 Å². The number of rotatable bonds is 10. The summed E-state index contributed by atoms with van der Waals surface area (Å²) >= 11 is 6.23. The Balaban J connectivity index is 1.97. The molecule has 2 atom stereocenters. The quantitative estimate of drug-likeness (QED) is 0.394. The summed E-state index contributed by atoms with van der Waals surface area (Å²) in [7, 11) is 1.50. The second-order valence-corrected chi connectivity index (χ2v) is 8.32. The number of carbonyl (C=O) groups excluding carboxylic acids is 1. The van der Waals surface area contributed by atoms with Crippen molar-refractivity contribution in [3.63, 3.8) is 0 Å². The Morgan fingerprint density at radius 3 is 2.61 bits per heavy atom. The smallest absolute Gasteiger partial charge is 0.237 e.